The van der Waals surface area contributed by atoms with Crippen molar-refractivity contribution in [1.29, 1.82) is 0 Å². The molecule has 3 aromatic rings. The van der Waals surface area contributed by atoms with Crippen molar-refractivity contribution in [1.82, 2.24) is 15.0 Å². The maximum Gasteiger partial charge on any atom is 0.322 e. The van der Waals surface area contributed by atoms with Crippen LogP contribution in [0.15, 0.2) is 47.0 Å². The standard InChI is InChI=1S/C20H18Cl2N4O2/c1-12-4-6-13(7-5-12)18-24-19(28-25-18)17-3-2-10-26(17)20(27)23-14-8-9-15(21)16(22)11-14/h4-9,11,17H,2-3,10H2,1H3,(H,23,27). The summed E-state index contributed by atoms with van der Waals surface area (Å²) >= 11 is 11.9. The number of halogens is 2. The van der Waals surface area contributed by atoms with Crippen LogP contribution in [0.1, 0.15) is 30.3 Å². The second-order valence-electron chi connectivity index (χ2n) is 6.73. The monoisotopic (exact) mass is 416 g/mol. The number of nitrogens with zero attached hydrogens (tertiary/aromatic N) is 3. The van der Waals surface area contributed by atoms with Gasteiger partial charge in [0, 0.05) is 17.8 Å². The first-order chi connectivity index (χ1) is 13.5. The number of carbonyl (C=O) groups is 1. The molecule has 0 bridgehead atoms. The number of hydrogen-bond donors (Lipinski definition) is 1. The average molecular weight is 417 g/mol. The van der Waals surface area contributed by atoms with Crippen molar-refractivity contribution in [2.45, 2.75) is 25.8 Å². The van der Waals surface area contributed by atoms with Gasteiger partial charge in [0.1, 0.15) is 6.04 Å². The predicted molar refractivity (Wildman–Crippen MR) is 109 cm³/mol. The fourth-order valence-corrected chi connectivity index (χ4v) is 3.52. The van der Waals surface area contributed by atoms with Crippen molar-refractivity contribution in [3.05, 3.63) is 64.0 Å². The number of nitrogens with one attached hydrogen (secondary N) is 1. The highest BCUT2D eigenvalue weighted by molar-refractivity contribution is 6.42. The molecule has 1 atom stereocenters. The van der Waals surface area contributed by atoms with Crippen LogP contribution >= 0.6 is 23.2 Å². The number of hydrogen-bond acceptors (Lipinski definition) is 4. The predicted octanol–water partition coefficient (Wildman–Crippen LogP) is 5.72. The molecule has 2 aromatic carbocycles. The molecule has 0 spiro atoms. The lowest BCUT2D eigenvalue weighted by molar-refractivity contribution is 0.193. The molecule has 1 unspecified atom stereocenters. The van der Waals surface area contributed by atoms with Crippen LogP contribution in [-0.2, 0) is 0 Å². The zero-order chi connectivity index (χ0) is 19.7. The van der Waals surface area contributed by atoms with Crippen molar-refractivity contribution in [2.75, 3.05) is 11.9 Å². The van der Waals surface area contributed by atoms with Gasteiger partial charge in [0.25, 0.3) is 0 Å². The Morgan fingerprint density at radius 3 is 2.71 bits per heavy atom. The molecule has 1 aliphatic heterocycles. The van der Waals surface area contributed by atoms with Crippen LogP contribution in [0.2, 0.25) is 10.0 Å². The van der Waals surface area contributed by atoms with Crippen LogP contribution in [0.4, 0.5) is 10.5 Å². The Balaban J connectivity index is 1.51. The summed E-state index contributed by atoms with van der Waals surface area (Å²) in [4.78, 5) is 19.0. The third-order valence-corrected chi connectivity index (χ3v) is 5.46. The Hall–Kier alpha value is -2.57. The molecule has 4 rings (SSSR count). The van der Waals surface area contributed by atoms with E-state index in [0.29, 0.717) is 34.0 Å². The fourth-order valence-electron chi connectivity index (χ4n) is 3.23. The number of urea groups is 1. The Kier molecular flexibility index (Phi) is 5.24. The molecule has 0 aliphatic carbocycles. The summed E-state index contributed by atoms with van der Waals surface area (Å²) < 4.78 is 5.48. The van der Waals surface area contributed by atoms with E-state index < -0.39 is 0 Å². The number of rotatable bonds is 3. The first-order valence-corrected chi connectivity index (χ1v) is 9.70. The molecule has 2 heterocycles. The molecule has 2 amide bonds. The SMILES string of the molecule is Cc1ccc(-c2noc(C3CCCN3C(=O)Nc3ccc(Cl)c(Cl)c3)n2)cc1. The van der Waals surface area contributed by atoms with Gasteiger partial charge in [-0.3, -0.25) is 0 Å². The van der Waals surface area contributed by atoms with Crippen LogP contribution in [0.3, 0.4) is 0 Å². The van der Waals surface area contributed by atoms with E-state index in [-0.39, 0.29) is 12.1 Å². The summed E-state index contributed by atoms with van der Waals surface area (Å²) in [5.41, 5.74) is 2.62. The molecule has 1 fully saturated rings. The topological polar surface area (TPSA) is 71.3 Å². The summed E-state index contributed by atoms with van der Waals surface area (Å²) in [6.07, 6.45) is 1.63. The van der Waals surface area contributed by atoms with Gasteiger partial charge in [-0.05, 0) is 38.0 Å². The minimum Gasteiger partial charge on any atom is -0.337 e. The molecule has 1 aromatic heterocycles. The minimum atomic E-state index is -0.255. The zero-order valence-corrected chi connectivity index (χ0v) is 16.7. The fraction of sp³-hybridized carbons (Fsp3) is 0.250. The molecule has 0 saturated carbocycles. The molecular weight excluding hydrogens is 399 g/mol. The maximum absolute atomic E-state index is 12.8. The lowest BCUT2D eigenvalue weighted by Gasteiger charge is -2.22. The zero-order valence-electron chi connectivity index (χ0n) is 15.2. The first kappa shape index (κ1) is 18.8. The Bertz CT molecular complexity index is 1000. The minimum absolute atomic E-state index is 0.240. The number of aryl methyl sites for hydroxylation is 1. The van der Waals surface area contributed by atoms with Gasteiger partial charge >= 0.3 is 6.03 Å². The molecule has 1 aliphatic rings. The van der Waals surface area contributed by atoms with Crippen LogP contribution < -0.4 is 5.32 Å². The average Bonchev–Trinajstić information content (AvgIpc) is 3.34. The van der Waals surface area contributed by atoms with Crippen molar-refractivity contribution in [2.24, 2.45) is 0 Å². The molecule has 144 valence electrons. The van der Waals surface area contributed by atoms with E-state index in [1.165, 1.54) is 0 Å². The number of carbonyl (C=O) groups excluding carboxylic acids is 1. The van der Waals surface area contributed by atoms with Crippen LogP contribution in [0, 0.1) is 6.92 Å². The van der Waals surface area contributed by atoms with Gasteiger partial charge in [-0.15, -0.1) is 0 Å². The number of anilines is 1. The lowest BCUT2D eigenvalue weighted by atomic mass is 10.1. The van der Waals surface area contributed by atoms with Crippen LogP contribution in [0.5, 0.6) is 0 Å². The van der Waals surface area contributed by atoms with Gasteiger partial charge in [0.05, 0.1) is 10.0 Å². The maximum atomic E-state index is 12.8. The van der Waals surface area contributed by atoms with E-state index in [2.05, 4.69) is 15.5 Å². The molecular formula is C20H18Cl2N4O2. The number of likely N-dealkylation sites (tertiary alicyclic amines) is 1. The second-order valence-corrected chi connectivity index (χ2v) is 7.55. The van der Waals surface area contributed by atoms with Crippen LogP contribution in [-0.4, -0.2) is 27.6 Å². The molecule has 6 nitrogen and oxygen atoms in total. The lowest BCUT2D eigenvalue weighted by Crippen LogP contribution is -2.34. The van der Waals surface area contributed by atoms with E-state index in [1.54, 1.807) is 23.1 Å². The van der Waals surface area contributed by atoms with Crippen LogP contribution in [0.25, 0.3) is 11.4 Å². The van der Waals surface area contributed by atoms with E-state index in [4.69, 9.17) is 27.7 Å². The molecule has 28 heavy (non-hydrogen) atoms. The summed E-state index contributed by atoms with van der Waals surface area (Å²) in [5.74, 6) is 0.962. The van der Waals surface area contributed by atoms with E-state index >= 15 is 0 Å². The highest BCUT2D eigenvalue weighted by atomic mass is 35.5. The highest BCUT2D eigenvalue weighted by Crippen LogP contribution is 2.33. The summed E-state index contributed by atoms with van der Waals surface area (Å²) in [7, 11) is 0. The normalized spacial score (nSPS) is 16.4. The quantitative estimate of drug-likeness (QED) is 0.592. The molecule has 1 N–H and O–H groups in total. The van der Waals surface area contributed by atoms with Crippen molar-refractivity contribution >= 4 is 34.9 Å². The third-order valence-electron chi connectivity index (χ3n) is 4.72. The molecule has 1 saturated heterocycles. The summed E-state index contributed by atoms with van der Waals surface area (Å²) in [6, 6.07) is 12.4. The van der Waals surface area contributed by atoms with Crippen molar-refractivity contribution in [3.8, 4) is 11.4 Å². The van der Waals surface area contributed by atoms with Gasteiger partial charge in [-0.2, -0.15) is 4.98 Å². The Labute approximate surface area is 172 Å². The summed E-state index contributed by atoms with van der Waals surface area (Å²) in [5, 5.41) is 7.76. The summed E-state index contributed by atoms with van der Waals surface area (Å²) in [6.45, 7) is 2.63. The Morgan fingerprint density at radius 2 is 1.96 bits per heavy atom. The third kappa shape index (κ3) is 3.84. The molecule has 0 radical (unpaired) electrons. The van der Waals surface area contributed by atoms with E-state index in [0.717, 1.165) is 24.0 Å². The van der Waals surface area contributed by atoms with Gasteiger partial charge in [-0.25, -0.2) is 4.79 Å². The van der Waals surface area contributed by atoms with Gasteiger partial charge in [0.15, 0.2) is 0 Å². The van der Waals surface area contributed by atoms with E-state index in [1.807, 2.05) is 31.2 Å². The highest BCUT2D eigenvalue weighted by Gasteiger charge is 2.34. The Morgan fingerprint density at radius 1 is 1.18 bits per heavy atom. The number of aromatic nitrogens is 2. The van der Waals surface area contributed by atoms with E-state index in [9.17, 15) is 4.79 Å². The molecule has 8 heteroatoms. The van der Waals surface area contributed by atoms with Crippen molar-refractivity contribution < 1.29 is 9.32 Å². The smallest absolute Gasteiger partial charge is 0.322 e. The largest absolute Gasteiger partial charge is 0.337 e. The second kappa shape index (κ2) is 7.81. The van der Waals surface area contributed by atoms with Gasteiger partial charge in [-0.1, -0.05) is 58.2 Å². The number of amides is 2. The number of benzene rings is 2. The first-order valence-electron chi connectivity index (χ1n) is 8.94. The van der Waals surface area contributed by atoms with Crippen molar-refractivity contribution in [3.63, 3.8) is 0 Å². The van der Waals surface area contributed by atoms with Gasteiger partial charge < -0.3 is 14.7 Å². The van der Waals surface area contributed by atoms with Gasteiger partial charge in [0.2, 0.25) is 11.7 Å².